The minimum Gasteiger partial charge on any atom is -0.473 e. The van der Waals surface area contributed by atoms with E-state index in [1.807, 2.05) is 55.5 Å². The van der Waals surface area contributed by atoms with Gasteiger partial charge < -0.3 is 4.74 Å². The van der Waals surface area contributed by atoms with Gasteiger partial charge in [0.25, 0.3) is 0 Å². The molecule has 0 amide bonds. The predicted octanol–water partition coefficient (Wildman–Crippen LogP) is 4.75. The number of benzene rings is 1. The second-order valence-corrected chi connectivity index (χ2v) is 6.07. The van der Waals surface area contributed by atoms with Crippen LogP contribution < -0.4 is 4.74 Å². The van der Waals surface area contributed by atoms with Gasteiger partial charge in [0.05, 0.1) is 5.39 Å². The molecule has 3 rings (SSSR count). The standard InChI is InChI=1S/C16H13ClN2OS/c1-11-10-13-14(18-16(17)19-15(13)21-11)20-9-5-8-12-6-3-2-4-7-12/h2-8,10H,9H2,1H3/b8-5+. The van der Waals surface area contributed by atoms with Crippen molar-refractivity contribution in [2.75, 3.05) is 6.61 Å². The van der Waals surface area contributed by atoms with Crippen molar-refractivity contribution in [3.63, 3.8) is 0 Å². The molecule has 0 unspecified atom stereocenters. The van der Waals surface area contributed by atoms with Crippen molar-refractivity contribution in [2.45, 2.75) is 6.92 Å². The van der Waals surface area contributed by atoms with Crippen LogP contribution in [0.4, 0.5) is 0 Å². The van der Waals surface area contributed by atoms with Crippen molar-refractivity contribution in [3.8, 4) is 5.88 Å². The van der Waals surface area contributed by atoms with Gasteiger partial charge >= 0.3 is 0 Å². The predicted molar refractivity (Wildman–Crippen MR) is 88.1 cm³/mol. The Morgan fingerprint density at radius 3 is 2.86 bits per heavy atom. The molecule has 0 radical (unpaired) electrons. The number of halogens is 1. The molecule has 0 bridgehead atoms. The third-order valence-corrected chi connectivity index (χ3v) is 3.99. The fourth-order valence-corrected chi connectivity index (χ4v) is 3.06. The fourth-order valence-electron chi connectivity index (χ4n) is 1.98. The molecule has 0 saturated heterocycles. The molecule has 3 nitrogen and oxygen atoms in total. The van der Waals surface area contributed by atoms with Crippen molar-refractivity contribution in [1.29, 1.82) is 0 Å². The highest BCUT2D eigenvalue weighted by Gasteiger charge is 2.10. The quantitative estimate of drug-likeness (QED) is 0.652. The highest BCUT2D eigenvalue weighted by atomic mass is 35.5. The first-order valence-electron chi connectivity index (χ1n) is 6.50. The lowest BCUT2D eigenvalue weighted by atomic mass is 10.2. The van der Waals surface area contributed by atoms with E-state index < -0.39 is 0 Å². The van der Waals surface area contributed by atoms with E-state index in [0.717, 1.165) is 20.7 Å². The van der Waals surface area contributed by atoms with E-state index in [9.17, 15) is 0 Å². The molecule has 0 aliphatic heterocycles. The van der Waals surface area contributed by atoms with Gasteiger partial charge in [-0.25, -0.2) is 4.98 Å². The highest BCUT2D eigenvalue weighted by molar-refractivity contribution is 7.18. The first-order chi connectivity index (χ1) is 10.2. The second-order valence-electron chi connectivity index (χ2n) is 4.50. The molecule has 0 atom stereocenters. The van der Waals surface area contributed by atoms with Gasteiger partial charge in [-0.2, -0.15) is 4.98 Å². The zero-order valence-corrected chi connectivity index (χ0v) is 13.0. The fraction of sp³-hybridized carbons (Fsp3) is 0.125. The maximum Gasteiger partial charge on any atom is 0.227 e. The molecule has 3 aromatic rings. The summed E-state index contributed by atoms with van der Waals surface area (Å²) in [7, 11) is 0. The van der Waals surface area contributed by atoms with E-state index in [4.69, 9.17) is 16.3 Å². The number of aromatic nitrogens is 2. The monoisotopic (exact) mass is 316 g/mol. The minimum atomic E-state index is 0.214. The van der Waals surface area contributed by atoms with E-state index in [0.29, 0.717) is 12.5 Å². The first-order valence-corrected chi connectivity index (χ1v) is 7.70. The van der Waals surface area contributed by atoms with Gasteiger partial charge in [0.2, 0.25) is 11.2 Å². The lowest BCUT2D eigenvalue weighted by molar-refractivity contribution is 0.353. The van der Waals surface area contributed by atoms with Crippen molar-refractivity contribution >= 4 is 39.2 Å². The normalized spacial score (nSPS) is 11.3. The summed E-state index contributed by atoms with van der Waals surface area (Å²) >= 11 is 7.51. The average molecular weight is 317 g/mol. The van der Waals surface area contributed by atoms with Crippen LogP contribution in [-0.4, -0.2) is 16.6 Å². The maximum absolute atomic E-state index is 5.93. The van der Waals surface area contributed by atoms with Crippen LogP contribution in [0.25, 0.3) is 16.3 Å². The Labute approximate surface area is 131 Å². The van der Waals surface area contributed by atoms with Crippen LogP contribution in [0.1, 0.15) is 10.4 Å². The number of aryl methyl sites for hydroxylation is 1. The Kier molecular flexibility index (Phi) is 4.18. The van der Waals surface area contributed by atoms with Gasteiger partial charge in [0, 0.05) is 4.88 Å². The SMILES string of the molecule is Cc1cc2c(OC/C=C/c3ccccc3)nc(Cl)nc2s1. The van der Waals surface area contributed by atoms with E-state index in [2.05, 4.69) is 9.97 Å². The van der Waals surface area contributed by atoms with E-state index >= 15 is 0 Å². The second kappa shape index (κ2) is 6.24. The van der Waals surface area contributed by atoms with Gasteiger partial charge in [0.15, 0.2) is 0 Å². The topological polar surface area (TPSA) is 35.0 Å². The van der Waals surface area contributed by atoms with Gasteiger partial charge in [-0.05, 0) is 36.2 Å². The van der Waals surface area contributed by atoms with Crippen molar-refractivity contribution in [1.82, 2.24) is 9.97 Å². The average Bonchev–Trinajstić information content (AvgIpc) is 2.84. The Balaban J connectivity index is 1.75. The largest absolute Gasteiger partial charge is 0.473 e. The lowest BCUT2D eigenvalue weighted by Crippen LogP contribution is -1.97. The third-order valence-electron chi connectivity index (χ3n) is 2.88. The molecule has 0 saturated carbocycles. The number of fused-ring (bicyclic) bond motifs is 1. The lowest BCUT2D eigenvalue weighted by Gasteiger charge is -2.03. The number of ether oxygens (including phenoxy) is 1. The molecule has 1 aromatic carbocycles. The Hall–Kier alpha value is -1.91. The summed E-state index contributed by atoms with van der Waals surface area (Å²) in [6.07, 6.45) is 3.97. The molecular formula is C16H13ClN2OS. The van der Waals surface area contributed by atoms with Crippen LogP contribution in [0.5, 0.6) is 5.88 Å². The summed E-state index contributed by atoms with van der Waals surface area (Å²) < 4.78 is 5.72. The maximum atomic E-state index is 5.93. The van der Waals surface area contributed by atoms with E-state index in [1.165, 1.54) is 0 Å². The summed E-state index contributed by atoms with van der Waals surface area (Å²) in [5.74, 6) is 0.534. The summed E-state index contributed by atoms with van der Waals surface area (Å²) in [6.45, 7) is 2.46. The third kappa shape index (κ3) is 3.40. The van der Waals surface area contributed by atoms with Crippen LogP contribution in [0.3, 0.4) is 0 Å². The Morgan fingerprint density at radius 1 is 1.24 bits per heavy atom. The summed E-state index contributed by atoms with van der Waals surface area (Å²) in [6, 6.07) is 12.1. The van der Waals surface area contributed by atoms with Crippen LogP contribution >= 0.6 is 22.9 Å². The van der Waals surface area contributed by atoms with Gasteiger partial charge in [-0.15, -0.1) is 11.3 Å². The highest BCUT2D eigenvalue weighted by Crippen LogP contribution is 2.30. The van der Waals surface area contributed by atoms with Crippen LogP contribution in [0.2, 0.25) is 5.28 Å². The molecular weight excluding hydrogens is 304 g/mol. The number of thiophene rings is 1. The summed E-state index contributed by atoms with van der Waals surface area (Å²) in [5.41, 5.74) is 1.14. The Morgan fingerprint density at radius 2 is 2.05 bits per heavy atom. The smallest absolute Gasteiger partial charge is 0.227 e. The molecule has 21 heavy (non-hydrogen) atoms. The van der Waals surface area contributed by atoms with Gasteiger partial charge in [-0.3, -0.25) is 0 Å². The van der Waals surface area contributed by atoms with Crippen LogP contribution in [-0.2, 0) is 0 Å². The van der Waals surface area contributed by atoms with E-state index in [1.54, 1.807) is 11.3 Å². The number of nitrogens with zero attached hydrogens (tertiary/aromatic N) is 2. The van der Waals surface area contributed by atoms with Crippen LogP contribution in [0, 0.1) is 6.92 Å². The van der Waals surface area contributed by atoms with Gasteiger partial charge in [-0.1, -0.05) is 36.4 Å². The van der Waals surface area contributed by atoms with Crippen molar-refractivity contribution < 1.29 is 4.74 Å². The molecule has 0 spiro atoms. The molecule has 0 fully saturated rings. The van der Waals surface area contributed by atoms with Gasteiger partial charge in [0.1, 0.15) is 11.4 Å². The van der Waals surface area contributed by atoms with Crippen molar-refractivity contribution in [3.05, 3.63) is 58.2 Å². The van der Waals surface area contributed by atoms with E-state index in [-0.39, 0.29) is 5.28 Å². The molecule has 2 aromatic heterocycles. The van der Waals surface area contributed by atoms with Crippen molar-refractivity contribution in [2.24, 2.45) is 0 Å². The zero-order chi connectivity index (χ0) is 14.7. The molecule has 0 aliphatic rings. The summed E-state index contributed by atoms with van der Waals surface area (Å²) in [4.78, 5) is 10.4. The molecule has 106 valence electrons. The number of rotatable bonds is 4. The molecule has 2 heterocycles. The molecule has 0 N–H and O–H groups in total. The number of hydrogen-bond donors (Lipinski definition) is 0. The molecule has 5 heteroatoms. The van der Waals surface area contributed by atoms with Crippen LogP contribution in [0.15, 0.2) is 42.5 Å². The minimum absolute atomic E-state index is 0.214. The first kappa shape index (κ1) is 14.0. The number of hydrogen-bond acceptors (Lipinski definition) is 4. The molecule has 0 aliphatic carbocycles. The summed E-state index contributed by atoms with van der Waals surface area (Å²) in [5, 5.41) is 1.13. The zero-order valence-electron chi connectivity index (χ0n) is 11.4. The Bertz CT molecular complexity index is 784.